The van der Waals surface area contributed by atoms with Crippen LogP contribution in [0.3, 0.4) is 0 Å². The third-order valence-electron chi connectivity index (χ3n) is 3.79. The Bertz CT molecular complexity index is 175. The Balaban J connectivity index is 1.87. The van der Waals surface area contributed by atoms with Crippen LogP contribution in [0.5, 0.6) is 0 Å². The van der Waals surface area contributed by atoms with Gasteiger partial charge in [0.05, 0.1) is 0 Å². The maximum atomic E-state index is 6.19. The van der Waals surface area contributed by atoms with E-state index in [1.54, 1.807) is 0 Å². The monoisotopic (exact) mass is 197 g/mol. The van der Waals surface area contributed by atoms with E-state index in [1.807, 2.05) is 0 Å². The van der Waals surface area contributed by atoms with Gasteiger partial charge in [0.1, 0.15) is 0 Å². The second-order valence-electron chi connectivity index (χ2n) is 4.85. The fourth-order valence-electron chi connectivity index (χ4n) is 2.75. The lowest BCUT2D eigenvalue weighted by Crippen LogP contribution is -2.55. The molecule has 2 N–H and O–H groups in total. The Hall–Kier alpha value is -0.120. The molecule has 1 aliphatic heterocycles. The molecule has 14 heavy (non-hydrogen) atoms. The molecule has 0 unspecified atom stereocenters. The Morgan fingerprint density at radius 2 is 1.64 bits per heavy atom. The van der Waals surface area contributed by atoms with Gasteiger partial charge in [-0.3, -0.25) is 4.90 Å². The van der Waals surface area contributed by atoms with Gasteiger partial charge in [-0.25, -0.2) is 0 Å². The molecule has 0 aromatic rings. The van der Waals surface area contributed by atoms with Crippen molar-refractivity contribution in [2.45, 2.75) is 37.8 Å². The van der Waals surface area contributed by atoms with Crippen molar-refractivity contribution in [3.8, 4) is 0 Å². The maximum Gasteiger partial charge on any atom is 0.0248 e. The van der Waals surface area contributed by atoms with Crippen molar-refractivity contribution in [1.29, 1.82) is 0 Å². The lowest BCUT2D eigenvalue weighted by atomic mass is 9.89. The van der Waals surface area contributed by atoms with Crippen molar-refractivity contribution >= 4 is 0 Å². The summed E-state index contributed by atoms with van der Waals surface area (Å²) in [7, 11) is 2.21. The largest absolute Gasteiger partial charge is 0.326 e. The first-order valence-corrected chi connectivity index (χ1v) is 5.95. The number of hydrogen-bond donors (Lipinski definition) is 1. The molecule has 0 amide bonds. The van der Waals surface area contributed by atoms with Crippen LogP contribution in [0, 0.1) is 0 Å². The zero-order valence-electron chi connectivity index (χ0n) is 9.28. The van der Waals surface area contributed by atoms with Crippen LogP contribution >= 0.6 is 0 Å². The summed E-state index contributed by atoms with van der Waals surface area (Å²) >= 11 is 0. The van der Waals surface area contributed by atoms with E-state index < -0.39 is 0 Å². The number of likely N-dealkylation sites (N-methyl/N-ethyl adjacent to an activating group) is 1. The predicted molar refractivity (Wildman–Crippen MR) is 59.3 cm³/mol. The van der Waals surface area contributed by atoms with Gasteiger partial charge in [-0.2, -0.15) is 0 Å². The van der Waals surface area contributed by atoms with Crippen molar-refractivity contribution < 1.29 is 0 Å². The van der Waals surface area contributed by atoms with Crippen LogP contribution in [0.2, 0.25) is 0 Å². The second kappa shape index (κ2) is 4.60. The molecule has 0 aromatic heterocycles. The number of rotatable bonds is 1. The average Bonchev–Trinajstić information content (AvgIpc) is 2.20. The molecule has 0 bridgehead atoms. The fourth-order valence-corrected chi connectivity index (χ4v) is 2.75. The number of nitrogens with two attached hydrogens (primary N) is 1. The van der Waals surface area contributed by atoms with Crippen molar-refractivity contribution in [2.24, 2.45) is 5.73 Å². The molecular weight excluding hydrogens is 174 g/mol. The van der Waals surface area contributed by atoms with Gasteiger partial charge in [0, 0.05) is 38.3 Å². The molecule has 2 atom stereocenters. The molecule has 0 spiro atoms. The van der Waals surface area contributed by atoms with Gasteiger partial charge in [0.25, 0.3) is 0 Å². The van der Waals surface area contributed by atoms with Crippen LogP contribution in [-0.2, 0) is 0 Å². The fraction of sp³-hybridized carbons (Fsp3) is 1.00. The molecule has 1 heterocycles. The highest BCUT2D eigenvalue weighted by Crippen LogP contribution is 2.22. The standard InChI is InChI=1S/C11H23N3/c1-13-6-8-14(9-7-13)11-5-3-2-4-10(11)12/h10-11H,2-9,12H2,1H3/t10-,11+/m0/s1. The lowest BCUT2D eigenvalue weighted by molar-refractivity contribution is 0.0804. The van der Waals surface area contributed by atoms with E-state index in [1.165, 1.54) is 51.9 Å². The van der Waals surface area contributed by atoms with Crippen LogP contribution in [0.1, 0.15) is 25.7 Å². The third-order valence-corrected chi connectivity index (χ3v) is 3.79. The first kappa shape index (κ1) is 10.4. The number of nitrogens with zero attached hydrogens (tertiary/aromatic N) is 2. The molecule has 2 fully saturated rings. The van der Waals surface area contributed by atoms with Gasteiger partial charge in [0.2, 0.25) is 0 Å². The maximum absolute atomic E-state index is 6.19. The van der Waals surface area contributed by atoms with Gasteiger partial charge >= 0.3 is 0 Å². The Labute approximate surface area is 87.2 Å². The van der Waals surface area contributed by atoms with E-state index in [0.717, 1.165) is 0 Å². The summed E-state index contributed by atoms with van der Waals surface area (Å²) in [5, 5.41) is 0. The molecule has 82 valence electrons. The Morgan fingerprint density at radius 1 is 1.00 bits per heavy atom. The van der Waals surface area contributed by atoms with E-state index in [9.17, 15) is 0 Å². The van der Waals surface area contributed by atoms with Crippen LogP contribution < -0.4 is 5.73 Å². The van der Waals surface area contributed by atoms with E-state index >= 15 is 0 Å². The normalized spacial score (nSPS) is 37.3. The highest BCUT2D eigenvalue weighted by Gasteiger charge is 2.28. The summed E-state index contributed by atoms with van der Waals surface area (Å²) in [5.41, 5.74) is 6.19. The number of piperazine rings is 1. The summed E-state index contributed by atoms with van der Waals surface area (Å²) in [6.07, 6.45) is 5.28. The zero-order valence-corrected chi connectivity index (χ0v) is 9.28. The molecule has 0 radical (unpaired) electrons. The topological polar surface area (TPSA) is 32.5 Å². The van der Waals surface area contributed by atoms with Gasteiger partial charge < -0.3 is 10.6 Å². The van der Waals surface area contributed by atoms with E-state index in [2.05, 4.69) is 16.8 Å². The van der Waals surface area contributed by atoms with Crippen LogP contribution in [-0.4, -0.2) is 55.1 Å². The molecule has 3 heteroatoms. The molecule has 1 saturated heterocycles. The Kier molecular flexibility index (Phi) is 3.42. The minimum Gasteiger partial charge on any atom is -0.326 e. The van der Waals surface area contributed by atoms with E-state index in [-0.39, 0.29) is 0 Å². The van der Waals surface area contributed by atoms with Crippen molar-refractivity contribution in [2.75, 3.05) is 33.2 Å². The summed E-state index contributed by atoms with van der Waals surface area (Å²) in [4.78, 5) is 5.02. The predicted octanol–water partition coefficient (Wildman–Crippen LogP) is 0.504. The van der Waals surface area contributed by atoms with Gasteiger partial charge in [-0.15, -0.1) is 0 Å². The molecule has 3 nitrogen and oxygen atoms in total. The van der Waals surface area contributed by atoms with Crippen LogP contribution in [0.4, 0.5) is 0 Å². The minimum atomic E-state index is 0.437. The molecule has 2 rings (SSSR count). The highest BCUT2D eigenvalue weighted by atomic mass is 15.3. The molecule has 0 aromatic carbocycles. The minimum absolute atomic E-state index is 0.437. The first-order valence-electron chi connectivity index (χ1n) is 5.95. The van der Waals surface area contributed by atoms with E-state index in [0.29, 0.717) is 12.1 Å². The van der Waals surface area contributed by atoms with Gasteiger partial charge in [-0.1, -0.05) is 12.8 Å². The molecule has 2 aliphatic rings. The summed E-state index contributed by atoms with van der Waals surface area (Å²) in [6, 6.07) is 1.12. The molecule has 1 aliphatic carbocycles. The average molecular weight is 197 g/mol. The Morgan fingerprint density at radius 3 is 2.29 bits per heavy atom. The number of hydrogen-bond acceptors (Lipinski definition) is 3. The third kappa shape index (κ3) is 2.27. The van der Waals surface area contributed by atoms with Gasteiger partial charge in [-0.05, 0) is 19.9 Å². The summed E-state index contributed by atoms with van der Waals surface area (Å²) < 4.78 is 0. The SMILES string of the molecule is CN1CCN([C@@H]2CCCC[C@@H]2N)CC1. The first-order chi connectivity index (χ1) is 6.77. The van der Waals surface area contributed by atoms with Gasteiger partial charge in [0.15, 0.2) is 0 Å². The van der Waals surface area contributed by atoms with Crippen LogP contribution in [0.25, 0.3) is 0 Å². The van der Waals surface area contributed by atoms with Crippen molar-refractivity contribution in [3.05, 3.63) is 0 Å². The lowest BCUT2D eigenvalue weighted by Gasteiger charge is -2.42. The summed E-state index contributed by atoms with van der Waals surface area (Å²) in [5.74, 6) is 0. The zero-order chi connectivity index (χ0) is 9.97. The van der Waals surface area contributed by atoms with Crippen LogP contribution in [0.15, 0.2) is 0 Å². The van der Waals surface area contributed by atoms with Crippen molar-refractivity contribution in [1.82, 2.24) is 9.80 Å². The van der Waals surface area contributed by atoms with Crippen molar-refractivity contribution in [3.63, 3.8) is 0 Å². The quantitative estimate of drug-likeness (QED) is 0.664. The highest BCUT2D eigenvalue weighted by molar-refractivity contribution is 4.87. The molecule has 1 saturated carbocycles. The molecular formula is C11H23N3. The van der Waals surface area contributed by atoms with E-state index in [4.69, 9.17) is 5.73 Å². The smallest absolute Gasteiger partial charge is 0.0248 e. The second-order valence-corrected chi connectivity index (χ2v) is 4.85. The summed E-state index contributed by atoms with van der Waals surface area (Å²) in [6.45, 7) is 4.86.